The second-order valence-corrected chi connectivity index (χ2v) is 9.33. The van der Waals surface area contributed by atoms with Crippen LogP contribution in [0.5, 0.6) is 5.75 Å². The molecule has 0 saturated heterocycles. The van der Waals surface area contributed by atoms with Crippen molar-refractivity contribution in [2.45, 2.75) is 25.9 Å². The summed E-state index contributed by atoms with van der Waals surface area (Å²) in [5, 5.41) is 3.95. The maximum atomic E-state index is 13.5. The highest BCUT2D eigenvalue weighted by Crippen LogP contribution is 2.28. The maximum absolute atomic E-state index is 13.5. The van der Waals surface area contributed by atoms with Crippen molar-refractivity contribution in [3.8, 4) is 22.7 Å². The number of rotatable bonds is 9. The zero-order chi connectivity index (χ0) is 27.5. The van der Waals surface area contributed by atoms with Gasteiger partial charge in [-0.2, -0.15) is 0 Å². The number of nitrogens with zero attached hydrogens (tertiary/aromatic N) is 5. The summed E-state index contributed by atoms with van der Waals surface area (Å²) in [6.45, 7) is 2.74. The molecule has 1 atom stereocenters. The van der Waals surface area contributed by atoms with Crippen molar-refractivity contribution in [3.05, 3.63) is 115 Å². The number of imidazole rings is 2. The summed E-state index contributed by atoms with van der Waals surface area (Å²) in [5.41, 5.74) is 4.47. The first-order valence-corrected chi connectivity index (χ1v) is 13.1. The van der Waals surface area contributed by atoms with Crippen LogP contribution in [0.2, 0.25) is 0 Å². The van der Waals surface area contributed by atoms with E-state index in [1.807, 2.05) is 53.4 Å². The normalized spacial score (nSPS) is 11.1. The first-order chi connectivity index (χ1) is 19.6. The van der Waals surface area contributed by atoms with Crippen molar-refractivity contribution < 1.29 is 13.9 Å². The summed E-state index contributed by atoms with van der Waals surface area (Å²) in [7, 11) is 1.61. The van der Waals surface area contributed by atoms with Gasteiger partial charge in [0.15, 0.2) is 5.76 Å². The minimum absolute atomic E-state index is 0. The molecule has 43 heavy (non-hydrogen) atoms. The monoisotopic (exact) mass is 640 g/mol. The van der Waals surface area contributed by atoms with Crippen LogP contribution in [-0.2, 0) is 13.0 Å². The lowest BCUT2D eigenvalue weighted by molar-refractivity contribution is 0.0908. The van der Waals surface area contributed by atoms with Crippen molar-refractivity contribution in [1.29, 1.82) is 0 Å². The molecule has 9 nitrogen and oxygen atoms in total. The molecule has 4 aromatic heterocycles. The minimum atomic E-state index is -0.441. The highest BCUT2D eigenvalue weighted by molar-refractivity contribution is 5.96. The highest BCUT2D eigenvalue weighted by atomic mass is 35.5. The molecule has 12 heteroatoms. The van der Waals surface area contributed by atoms with E-state index in [1.54, 1.807) is 44.0 Å². The number of halogens is 3. The minimum Gasteiger partial charge on any atom is -0.497 e. The van der Waals surface area contributed by atoms with E-state index in [2.05, 4.69) is 38.9 Å². The van der Waals surface area contributed by atoms with Gasteiger partial charge in [-0.25, -0.2) is 9.97 Å². The molecular formula is C31H31Cl3N6O3. The molecule has 0 radical (unpaired) electrons. The molecule has 6 aromatic rings. The average molecular weight is 642 g/mol. The zero-order valence-corrected chi connectivity index (χ0v) is 25.9. The van der Waals surface area contributed by atoms with E-state index in [1.165, 1.54) is 0 Å². The van der Waals surface area contributed by atoms with Crippen LogP contribution in [0.15, 0.2) is 102 Å². The number of aromatic nitrogens is 5. The Morgan fingerprint density at radius 3 is 2.49 bits per heavy atom. The molecule has 6 rings (SSSR count). The first kappa shape index (κ1) is 33.2. The average Bonchev–Trinajstić information content (AvgIpc) is 3.76. The number of fused-ring (bicyclic) bond motifs is 1. The van der Waals surface area contributed by atoms with Crippen LogP contribution >= 0.6 is 37.2 Å². The Kier molecular flexibility index (Phi) is 11.4. The number of hydrogen-bond donors (Lipinski definition) is 1. The lowest BCUT2D eigenvalue weighted by Crippen LogP contribution is -2.32. The lowest BCUT2D eigenvalue weighted by Gasteiger charge is -2.20. The number of pyridine rings is 1. The number of amides is 1. The molecule has 1 unspecified atom stereocenters. The quantitative estimate of drug-likeness (QED) is 0.185. The van der Waals surface area contributed by atoms with Gasteiger partial charge in [-0.1, -0.05) is 18.2 Å². The number of carbonyl (C=O) groups excluding carboxylic acids is 1. The standard InChI is InChI=1S/C31H28N6O3.3ClH/c1-3-37-27(21-7-9-24(10-8-21)36-15-14-32-20-36)19-34-30(37)26(18-23-6-4-5-13-33-23)35-31(38)29-17-22-16-25(39-2)11-12-28(22)40-29;;;/h4-17,19-20,26H,3,18H2,1-2H3,(H,35,38);3*1H. The van der Waals surface area contributed by atoms with Gasteiger partial charge < -0.3 is 23.6 Å². The largest absolute Gasteiger partial charge is 0.497 e. The fraction of sp³-hybridized carbons (Fsp3) is 0.161. The molecule has 4 heterocycles. The van der Waals surface area contributed by atoms with Crippen LogP contribution in [0.25, 0.3) is 27.9 Å². The van der Waals surface area contributed by atoms with Gasteiger partial charge in [0.2, 0.25) is 0 Å². The van der Waals surface area contributed by atoms with Crippen molar-refractivity contribution in [3.63, 3.8) is 0 Å². The summed E-state index contributed by atoms with van der Waals surface area (Å²) in [6.07, 6.45) is 9.51. The van der Waals surface area contributed by atoms with Crippen LogP contribution in [0, 0.1) is 0 Å². The van der Waals surface area contributed by atoms with Crippen LogP contribution in [0.4, 0.5) is 0 Å². The second kappa shape index (κ2) is 14.7. The number of carbonyl (C=O) groups is 1. The number of nitrogens with one attached hydrogen (secondary N) is 1. The van der Waals surface area contributed by atoms with E-state index < -0.39 is 6.04 Å². The van der Waals surface area contributed by atoms with E-state index in [4.69, 9.17) is 14.1 Å². The SMILES string of the molecule is CCn1c(-c2ccc(-n3ccnc3)cc2)cnc1C(Cc1ccccn1)NC(=O)c1cc2cc(OC)ccc2o1.Cl.Cl.Cl. The Labute approximate surface area is 267 Å². The van der Waals surface area contributed by atoms with Gasteiger partial charge in [-0.3, -0.25) is 9.78 Å². The Hall–Kier alpha value is -4.31. The number of methoxy groups -OCH3 is 1. The fourth-order valence-corrected chi connectivity index (χ4v) is 4.87. The van der Waals surface area contributed by atoms with Crippen molar-refractivity contribution >= 4 is 54.1 Å². The molecule has 0 fully saturated rings. The van der Waals surface area contributed by atoms with Gasteiger partial charge >= 0.3 is 0 Å². The van der Waals surface area contributed by atoms with E-state index >= 15 is 0 Å². The third-order valence-corrected chi connectivity index (χ3v) is 6.87. The molecule has 2 aromatic carbocycles. The molecule has 1 amide bonds. The number of furan rings is 1. The Morgan fingerprint density at radius 1 is 1.00 bits per heavy atom. The van der Waals surface area contributed by atoms with Crippen molar-refractivity contribution in [2.75, 3.05) is 7.11 Å². The van der Waals surface area contributed by atoms with E-state index in [0.717, 1.165) is 33.8 Å². The van der Waals surface area contributed by atoms with E-state index in [9.17, 15) is 4.79 Å². The van der Waals surface area contributed by atoms with Gasteiger partial charge in [0, 0.05) is 48.3 Å². The zero-order valence-electron chi connectivity index (χ0n) is 23.4. The molecule has 0 saturated carbocycles. The summed E-state index contributed by atoms with van der Waals surface area (Å²) in [5.74, 6) is 1.34. The molecule has 0 bridgehead atoms. The van der Waals surface area contributed by atoms with Crippen molar-refractivity contribution in [2.24, 2.45) is 0 Å². The molecular weight excluding hydrogens is 611 g/mol. The maximum Gasteiger partial charge on any atom is 0.287 e. The first-order valence-electron chi connectivity index (χ1n) is 13.1. The van der Waals surface area contributed by atoms with Crippen LogP contribution in [0.1, 0.15) is 35.0 Å². The Morgan fingerprint density at radius 2 is 1.81 bits per heavy atom. The molecule has 0 aliphatic carbocycles. The summed E-state index contributed by atoms with van der Waals surface area (Å²) in [4.78, 5) is 26.9. The molecule has 224 valence electrons. The number of ether oxygens (including phenoxy) is 1. The Bertz CT molecular complexity index is 1750. The third kappa shape index (κ3) is 7.02. The molecule has 0 aliphatic heterocycles. The topological polar surface area (TPSA) is 100 Å². The third-order valence-electron chi connectivity index (χ3n) is 6.87. The molecule has 0 aliphatic rings. The smallest absolute Gasteiger partial charge is 0.287 e. The molecule has 1 N–H and O–H groups in total. The van der Waals surface area contributed by atoms with E-state index in [-0.39, 0.29) is 48.9 Å². The van der Waals surface area contributed by atoms with Gasteiger partial charge in [0.25, 0.3) is 5.91 Å². The summed E-state index contributed by atoms with van der Waals surface area (Å²) >= 11 is 0. The summed E-state index contributed by atoms with van der Waals surface area (Å²) in [6, 6.07) is 20.7. The number of hydrogen-bond acceptors (Lipinski definition) is 6. The fourth-order valence-electron chi connectivity index (χ4n) is 4.87. The van der Waals surface area contributed by atoms with Crippen molar-refractivity contribution in [1.82, 2.24) is 29.4 Å². The predicted octanol–water partition coefficient (Wildman–Crippen LogP) is 6.88. The number of benzene rings is 2. The summed E-state index contributed by atoms with van der Waals surface area (Å²) < 4.78 is 15.3. The Balaban J connectivity index is 0.00000169. The second-order valence-electron chi connectivity index (χ2n) is 9.33. The van der Waals surface area contributed by atoms with Gasteiger partial charge in [-0.15, -0.1) is 37.2 Å². The van der Waals surface area contributed by atoms with Crippen LogP contribution in [-0.4, -0.2) is 37.1 Å². The van der Waals surface area contributed by atoms with Crippen LogP contribution < -0.4 is 10.1 Å². The van der Waals surface area contributed by atoms with Crippen LogP contribution in [0.3, 0.4) is 0 Å². The van der Waals surface area contributed by atoms with Gasteiger partial charge in [0.05, 0.1) is 31.4 Å². The lowest BCUT2D eigenvalue weighted by atomic mass is 10.1. The van der Waals surface area contributed by atoms with Gasteiger partial charge in [-0.05, 0) is 61.0 Å². The van der Waals surface area contributed by atoms with E-state index in [0.29, 0.717) is 24.3 Å². The highest BCUT2D eigenvalue weighted by Gasteiger charge is 2.25. The molecule has 0 spiro atoms. The predicted molar refractivity (Wildman–Crippen MR) is 173 cm³/mol. The van der Waals surface area contributed by atoms with Gasteiger partial charge in [0.1, 0.15) is 17.2 Å².